The average molecular weight is 604 g/mol. The maximum atomic E-state index is 13.5. The fraction of sp³-hybridized carbons (Fsp3) is 0.364. The van der Waals surface area contributed by atoms with Crippen molar-refractivity contribution in [2.75, 3.05) is 0 Å². The van der Waals surface area contributed by atoms with E-state index in [0.717, 1.165) is 12.8 Å². The van der Waals surface area contributed by atoms with Crippen molar-refractivity contribution in [3.63, 3.8) is 0 Å². The molecular formula is C22H28Br2N2O2Zr. The molecule has 0 radical (unpaired) electrons. The first-order valence-electron chi connectivity index (χ1n) is 9.90. The standard InChI is InChI=1S/2C11H15NO.2BrH.Zr/c2*1-3-9(2)12-11(13)10-7-5-4-6-8-10;;;/h2*4-9H,3H2,1-2H3,(H,12,13);2*1H;/q;;;;+4/p-4. The SMILES string of the molecule is CCC(C)[N](C(=O)c1ccccc1)[Zr]([Br])([Br])[N](C(=O)c1ccccc1)C(C)CC. The predicted octanol–water partition coefficient (Wildman–Crippen LogP) is 6.47. The van der Waals surface area contributed by atoms with Crippen LogP contribution >= 0.6 is 24.4 Å². The number of rotatable bonds is 8. The molecular weight excluding hydrogens is 575 g/mol. The van der Waals surface area contributed by atoms with E-state index in [4.69, 9.17) is 0 Å². The third-order valence-electron chi connectivity index (χ3n) is 5.12. The normalized spacial score (nSPS) is 13.4. The Morgan fingerprint density at radius 3 is 1.34 bits per heavy atom. The Morgan fingerprint density at radius 2 is 1.07 bits per heavy atom. The summed E-state index contributed by atoms with van der Waals surface area (Å²) in [5, 5.41) is 0. The second-order valence-electron chi connectivity index (χ2n) is 7.11. The van der Waals surface area contributed by atoms with E-state index < -0.39 is 16.1 Å². The van der Waals surface area contributed by atoms with Crippen molar-refractivity contribution in [3.8, 4) is 0 Å². The van der Waals surface area contributed by atoms with Gasteiger partial charge in [-0.2, -0.15) is 0 Å². The molecule has 0 aliphatic rings. The van der Waals surface area contributed by atoms with Crippen LogP contribution in [0.3, 0.4) is 0 Å². The van der Waals surface area contributed by atoms with Gasteiger partial charge in [0, 0.05) is 0 Å². The van der Waals surface area contributed by atoms with Crippen molar-refractivity contribution in [3.05, 3.63) is 71.8 Å². The summed E-state index contributed by atoms with van der Waals surface area (Å²) in [4.78, 5) is 27.1. The molecule has 2 atom stereocenters. The van der Waals surface area contributed by atoms with E-state index in [1.807, 2.05) is 80.2 Å². The zero-order valence-corrected chi connectivity index (χ0v) is 22.9. The first-order chi connectivity index (χ1) is 13.8. The number of carbonyl (C=O) groups excluding carboxylic acids is 2. The number of hydrogen-bond acceptors (Lipinski definition) is 2. The van der Waals surface area contributed by atoms with E-state index in [9.17, 15) is 9.59 Å². The Labute approximate surface area is 190 Å². The summed E-state index contributed by atoms with van der Waals surface area (Å²) in [7, 11) is 0. The minimum atomic E-state index is -3.98. The molecule has 2 rings (SSSR count). The van der Waals surface area contributed by atoms with Crippen molar-refractivity contribution in [1.29, 1.82) is 0 Å². The third kappa shape index (κ3) is 5.68. The number of benzene rings is 2. The molecule has 0 fully saturated rings. The molecule has 0 saturated heterocycles. The van der Waals surface area contributed by atoms with Crippen molar-refractivity contribution in [2.24, 2.45) is 0 Å². The van der Waals surface area contributed by atoms with Crippen LogP contribution in [0.4, 0.5) is 0 Å². The summed E-state index contributed by atoms with van der Waals surface area (Å²) < 4.78 is 3.83. The van der Waals surface area contributed by atoms with E-state index >= 15 is 0 Å². The molecule has 0 saturated carbocycles. The van der Waals surface area contributed by atoms with Gasteiger partial charge in [0.15, 0.2) is 0 Å². The van der Waals surface area contributed by atoms with E-state index in [-0.39, 0.29) is 23.9 Å². The Bertz CT molecular complexity index is 751. The molecule has 2 aromatic carbocycles. The number of carbonyl (C=O) groups is 2. The molecule has 0 aliphatic heterocycles. The fourth-order valence-electron chi connectivity index (χ4n) is 3.10. The first-order valence-corrected chi connectivity index (χ1v) is 23.3. The number of nitrogens with zero attached hydrogens (tertiary/aromatic N) is 2. The summed E-state index contributed by atoms with van der Waals surface area (Å²) in [5.74, 6) is -0.114. The van der Waals surface area contributed by atoms with E-state index in [1.54, 1.807) is 0 Å². The van der Waals surface area contributed by atoms with E-state index in [2.05, 4.69) is 38.3 Å². The predicted molar refractivity (Wildman–Crippen MR) is 123 cm³/mol. The van der Waals surface area contributed by atoms with Crippen LogP contribution in [-0.2, 0) is 16.1 Å². The molecule has 2 aromatic rings. The molecule has 0 N–H and O–H groups in total. The van der Waals surface area contributed by atoms with Crippen LogP contribution < -0.4 is 0 Å². The summed E-state index contributed by atoms with van der Waals surface area (Å²) in [6, 6.07) is 18.5. The molecule has 4 nitrogen and oxygen atoms in total. The van der Waals surface area contributed by atoms with Crippen LogP contribution in [0.2, 0.25) is 0 Å². The molecule has 156 valence electrons. The van der Waals surface area contributed by atoms with Crippen LogP contribution in [0, 0.1) is 0 Å². The second-order valence-corrected chi connectivity index (χ2v) is 31.4. The Morgan fingerprint density at radius 1 is 0.759 bits per heavy atom. The van der Waals surface area contributed by atoms with Crippen LogP contribution in [0.1, 0.15) is 61.3 Å². The van der Waals surface area contributed by atoms with E-state index in [0.29, 0.717) is 11.1 Å². The molecule has 0 heterocycles. The van der Waals surface area contributed by atoms with Gasteiger partial charge in [0.05, 0.1) is 0 Å². The summed E-state index contributed by atoms with van der Waals surface area (Å²) in [6.45, 7) is 8.20. The van der Waals surface area contributed by atoms with Gasteiger partial charge < -0.3 is 0 Å². The van der Waals surface area contributed by atoms with Crippen molar-refractivity contribution in [2.45, 2.75) is 52.6 Å². The van der Waals surface area contributed by atoms with Crippen molar-refractivity contribution in [1.82, 2.24) is 5.69 Å². The zero-order valence-electron chi connectivity index (χ0n) is 17.3. The van der Waals surface area contributed by atoms with Crippen LogP contribution in [0.25, 0.3) is 0 Å². The molecule has 0 aromatic heterocycles. The maximum absolute atomic E-state index is 13.5. The quantitative estimate of drug-likeness (QED) is 0.347. The van der Waals surface area contributed by atoms with Crippen molar-refractivity contribution >= 4 is 36.3 Å². The van der Waals surface area contributed by atoms with Crippen LogP contribution in [0.15, 0.2) is 60.7 Å². The molecule has 7 heteroatoms. The Hall–Kier alpha value is -0.777. The summed E-state index contributed by atoms with van der Waals surface area (Å²) in [5.41, 5.74) is 1.26. The van der Waals surface area contributed by atoms with Gasteiger partial charge >= 0.3 is 192 Å². The monoisotopic (exact) mass is 600 g/mol. The van der Waals surface area contributed by atoms with E-state index in [1.165, 1.54) is 0 Å². The molecule has 2 unspecified atom stereocenters. The van der Waals surface area contributed by atoms with Gasteiger partial charge in [0.1, 0.15) is 0 Å². The first kappa shape index (κ1) is 24.5. The summed E-state index contributed by atoms with van der Waals surface area (Å²) in [6.07, 6.45) is 1.59. The van der Waals surface area contributed by atoms with Gasteiger partial charge in [-0.05, 0) is 0 Å². The van der Waals surface area contributed by atoms with Crippen LogP contribution in [0.5, 0.6) is 0 Å². The number of amides is 2. The van der Waals surface area contributed by atoms with Crippen LogP contribution in [-0.4, -0.2) is 29.6 Å². The fourth-order valence-corrected chi connectivity index (χ4v) is 21.1. The van der Waals surface area contributed by atoms with Gasteiger partial charge in [-0.1, -0.05) is 0 Å². The second kappa shape index (κ2) is 11.0. The van der Waals surface area contributed by atoms with Gasteiger partial charge in [-0.15, -0.1) is 0 Å². The molecule has 0 aliphatic carbocycles. The van der Waals surface area contributed by atoms with Crippen molar-refractivity contribution < 1.29 is 25.7 Å². The topological polar surface area (TPSA) is 40.6 Å². The molecule has 2 amide bonds. The van der Waals surface area contributed by atoms with Gasteiger partial charge in [-0.3, -0.25) is 0 Å². The average Bonchev–Trinajstić information content (AvgIpc) is 2.74. The molecule has 29 heavy (non-hydrogen) atoms. The zero-order chi connectivity index (χ0) is 21.6. The Balaban J connectivity index is 2.55. The summed E-state index contributed by atoms with van der Waals surface area (Å²) >= 11 is 3.88. The minimum absolute atomic E-state index is 0.0209. The van der Waals surface area contributed by atoms with Gasteiger partial charge in [0.25, 0.3) is 0 Å². The third-order valence-corrected chi connectivity index (χ3v) is 20.2. The molecule has 0 spiro atoms. The number of hydrogen-bond donors (Lipinski definition) is 0. The molecule has 0 bridgehead atoms. The Kier molecular flexibility index (Phi) is 9.30. The number of halogens is 2. The van der Waals surface area contributed by atoms with Gasteiger partial charge in [0.2, 0.25) is 0 Å². The van der Waals surface area contributed by atoms with Gasteiger partial charge in [-0.25, -0.2) is 0 Å².